The molecule has 2 atom stereocenters. The van der Waals surface area contributed by atoms with Crippen molar-refractivity contribution in [1.29, 1.82) is 5.41 Å². The van der Waals surface area contributed by atoms with Crippen LogP contribution in [0.5, 0.6) is 5.75 Å². The molecule has 1 amide bonds. The molecule has 2 aromatic carbocycles. The molecule has 0 saturated heterocycles. The van der Waals surface area contributed by atoms with Crippen molar-refractivity contribution in [3.8, 4) is 5.75 Å². The van der Waals surface area contributed by atoms with E-state index in [4.69, 9.17) is 15.9 Å². The van der Waals surface area contributed by atoms with Gasteiger partial charge in [0.25, 0.3) is 0 Å². The molecule has 0 fully saturated rings. The van der Waals surface area contributed by atoms with Gasteiger partial charge in [0.15, 0.2) is 27.7 Å². The first kappa shape index (κ1) is 30.3. The van der Waals surface area contributed by atoms with E-state index in [0.717, 1.165) is 11.3 Å². The van der Waals surface area contributed by atoms with Gasteiger partial charge in [-0.05, 0) is 49.6 Å². The molecule has 0 aliphatic heterocycles. The minimum atomic E-state index is -3.39. The quantitative estimate of drug-likeness (QED) is 0.0708. The van der Waals surface area contributed by atoms with Gasteiger partial charge in [0.1, 0.15) is 11.8 Å². The molecule has 0 heterocycles. The number of ketones is 1. The van der Waals surface area contributed by atoms with E-state index in [2.05, 4.69) is 10.7 Å². The number of aliphatic carboxylic acids is 1. The van der Waals surface area contributed by atoms with Gasteiger partial charge in [-0.3, -0.25) is 20.0 Å². The third-order valence-corrected chi connectivity index (χ3v) is 6.60. The first-order valence-electron chi connectivity index (χ1n) is 11.8. The lowest BCUT2D eigenvalue weighted by atomic mass is 10.1. The van der Waals surface area contributed by atoms with E-state index in [9.17, 15) is 27.9 Å². The van der Waals surface area contributed by atoms with E-state index < -0.39 is 46.1 Å². The summed E-state index contributed by atoms with van der Waals surface area (Å²) in [4.78, 5) is 38.1. The van der Waals surface area contributed by atoms with Crippen molar-refractivity contribution in [2.45, 2.75) is 49.8 Å². The van der Waals surface area contributed by atoms with Crippen LogP contribution in [0.4, 0.5) is 0 Å². The average molecular weight is 548 g/mol. The van der Waals surface area contributed by atoms with Crippen molar-refractivity contribution in [1.82, 2.24) is 15.8 Å². The molecule has 0 aromatic heterocycles. The number of amides is 1. The van der Waals surface area contributed by atoms with Crippen LogP contribution < -0.4 is 21.2 Å². The SMILES string of the molecule is CC(Oc1ccccc1)C(=O)CC(=O)N(NCc1ccc(S(C)(=O)=O)cc1)[C@@H](CCCNC(=N)N)C(=O)O. The number of hydrazine groups is 1. The number of benzene rings is 2. The average Bonchev–Trinajstić information content (AvgIpc) is 2.85. The monoisotopic (exact) mass is 547 g/mol. The predicted octanol–water partition coefficient (Wildman–Crippen LogP) is 1.07. The Bertz CT molecular complexity index is 1220. The number of carboxylic acids is 1. The van der Waals surface area contributed by atoms with Gasteiger partial charge >= 0.3 is 5.97 Å². The highest BCUT2D eigenvalue weighted by Gasteiger charge is 2.31. The number of para-hydroxylation sites is 1. The molecule has 2 aromatic rings. The molecule has 0 aliphatic rings. The summed E-state index contributed by atoms with van der Waals surface area (Å²) in [7, 11) is -3.39. The highest BCUT2D eigenvalue weighted by atomic mass is 32.2. The zero-order valence-corrected chi connectivity index (χ0v) is 22.0. The Morgan fingerprint density at radius 1 is 1.11 bits per heavy atom. The molecule has 38 heavy (non-hydrogen) atoms. The maximum absolute atomic E-state index is 13.2. The molecular weight excluding hydrogens is 514 g/mol. The summed E-state index contributed by atoms with van der Waals surface area (Å²) in [5, 5.41) is 20.6. The Morgan fingerprint density at radius 2 is 1.74 bits per heavy atom. The summed E-state index contributed by atoms with van der Waals surface area (Å²) in [6.45, 7) is 1.72. The molecule has 2 rings (SSSR count). The number of Topliss-reactive ketones (excluding diaryl/α,β-unsaturated/α-hetero) is 1. The van der Waals surface area contributed by atoms with Gasteiger partial charge in [-0.15, -0.1) is 0 Å². The molecule has 0 aliphatic carbocycles. The van der Waals surface area contributed by atoms with E-state index in [1.54, 1.807) is 42.5 Å². The summed E-state index contributed by atoms with van der Waals surface area (Å²) >= 11 is 0. The standard InChI is InChI=1S/C25H33N5O7S/c1-17(37-19-7-4-3-5-8-19)22(31)15-23(32)30(21(24(33)34)9-6-14-28-25(26)27)29-16-18-10-12-20(13-11-18)38(2,35)36/h3-5,7-8,10-13,17,21,29H,6,9,14-16H2,1-2H3,(H,33,34)(H4,26,27,28)/t17?,21-/m0/s1. The van der Waals surface area contributed by atoms with E-state index in [1.165, 1.54) is 19.1 Å². The number of hydrogen-bond acceptors (Lipinski definition) is 8. The third kappa shape index (κ3) is 9.82. The second-order valence-electron chi connectivity index (χ2n) is 8.57. The number of rotatable bonds is 15. The van der Waals surface area contributed by atoms with Crippen LogP contribution >= 0.6 is 0 Å². The fourth-order valence-electron chi connectivity index (χ4n) is 3.43. The number of nitrogens with one attached hydrogen (secondary N) is 3. The van der Waals surface area contributed by atoms with Gasteiger partial charge in [-0.2, -0.15) is 0 Å². The van der Waals surface area contributed by atoms with Crippen LogP contribution in [0.2, 0.25) is 0 Å². The highest BCUT2D eigenvalue weighted by Crippen LogP contribution is 2.15. The largest absolute Gasteiger partial charge is 0.483 e. The second-order valence-corrected chi connectivity index (χ2v) is 10.6. The molecule has 0 saturated carbocycles. The van der Waals surface area contributed by atoms with Crippen molar-refractivity contribution in [3.05, 3.63) is 60.2 Å². The van der Waals surface area contributed by atoms with Crippen molar-refractivity contribution < 1.29 is 32.6 Å². The highest BCUT2D eigenvalue weighted by molar-refractivity contribution is 7.90. The van der Waals surface area contributed by atoms with Gasteiger partial charge in [-0.25, -0.2) is 18.6 Å². The maximum Gasteiger partial charge on any atom is 0.328 e. The molecule has 6 N–H and O–H groups in total. The fourth-order valence-corrected chi connectivity index (χ4v) is 4.06. The Hall–Kier alpha value is -3.97. The Kier molecular flexibility index (Phi) is 11.2. The molecular formula is C25H33N5O7S. The van der Waals surface area contributed by atoms with Crippen LogP contribution in [0, 0.1) is 5.41 Å². The topological polar surface area (TPSA) is 192 Å². The maximum atomic E-state index is 13.2. The molecule has 206 valence electrons. The summed E-state index contributed by atoms with van der Waals surface area (Å²) in [5.41, 5.74) is 8.64. The zero-order valence-electron chi connectivity index (χ0n) is 21.2. The third-order valence-electron chi connectivity index (χ3n) is 5.48. The van der Waals surface area contributed by atoms with Crippen molar-refractivity contribution >= 4 is 33.5 Å². The lowest BCUT2D eigenvalue weighted by Gasteiger charge is -2.30. The minimum absolute atomic E-state index is 0.00445. The zero-order chi connectivity index (χ0) is 28.3. The Labute approximate surface area is 221 Å². The van der Waals surface area contributed by atoms with Crippen LogP contribution in [0.3, 0.4) is 0 Å². The van der Waals surface area contributed by atoms with Crippen molar-refractivity contribution in [2.24, 2.45) is 5.73 Å². The van der Waals surface area contributed by atoms with Gasteiger partial charge < -0.3 is 20.9 Å². The van der Waals surface area contributed by atoms with E-state index in [0.29, 0.717) is 11.3 Å². The van der Waals surface area contributed by atoms with Crippen LogP contribution in [-0.4, -0.2) is 67.1 Å². The number of hydrogen-bond donors (Lipinski definition) is 5. The first-order chi connectivity index (χ1) is 17.9. The van der Waals surface area contributed by atoms with Crippen molar-refractivity contribution in [2.75, 3.05) is 12.8 Å². The lowest BCUT2D eigenvalue weighted by Crippen LogP contribution is -2.53. The number of sulfone groups is 1. The molecule has 0 bridgehead atoms. The number of carboxylic acid groups (broad SMARTS) is 1. The predicted molar refractivity (Wildman–Crippen MR) is 140 cm³/mol. The number of carbonyl (C=O) groups is 3. The van der Waals surface area contributed by atoms with Crippen LogP contribution in [0.25, 0.3) is 0 Å². The number of nitrogens with zero attached hydrogens (tertiary/aromatic N) is 1. The number of carbonyl (C=O) groups excluding carboxylic acids is 2. The molecule has 13 heteroatoms. The number of nitrogens with two attached hydrogens (primary N) is 1. The number of guanidine groups is 1. The molecule has 0 radical (unpaired) electrons. The van der Waals surface area contributed by atoms with Gasteiger partial charge in [0.2, 0.25) is 5.91 Å². The summed E-state index contributed by atoms with van der Waals surface area (Å²) < 4.78 is 29.0. The van der Waals surface area contributed by atoms with E-state index >= 15 is 0 Å². The Balaban J connectivity index is 2.17. The lowest BCUT2D eigenvalue weighted by molar-refractivity contribution is -0.155. The van der Waals surface area contributed by atoms with Crippen molar-refractivity contribution in [3.63, 3.8) is 0 Å². The Morgan fingerprint density at radius 3 is 2.29 bits per heavy atom. The number of ether oxygens (including phenoxy) is 1. The van der Waals surface area contributed by atoms with Crippen LogP contribution in [0.15, 0.2) is 59.5 Å². The molecule has 1 unspecified atom stereocenters. The first-order valence-corrected chi connectivity index (χ1v) is 13.7. The van der Waals surface area contributed by atoms with E-state index in [1.807, 2.05) is 0 Å². The van der Waals surface area contributed by atoms with Gasteiger partial charge in [0.05, 0.1) is 11.3 Å². The smallest absolute Gasteiger partial charge is 0.328 e. The van der Waals surface area contributed by atoms with Crippen LogP contribution in [-0.2, 0) is 30.8 Å². The van der Waals surface area contributed by atoms with Gasteiger partial charge in [-0.1, -0.05) is 30.3 Å². The minimum Gasteiger partial charge on any atom is -0.483 e. The van der Waals surface area contributed by atoms with Gasteiger partial charge in [0, 0.05) is 19.3 Å². The summed E-state index contributed by atoms with van der Waals surface area (Å²) in [6.07, 6.45) is -0.199. The molecule has 0 spiro atoms. The normalized spacial score (nSPS) is 12.7. The van der Waals surface area contributed by atoms with E-state index in [-0.39, 0.29) is 36.8 Å². The summed E-state index contributed by atoms with van der Waals surface area (Å²) in [5.74, 6) is -2.40. The summed E-state index contributed by atoms with van der Waals surface area (Å²) in [6, 6.07) is 13.2. The molecule has 12 nitrogen and oxygen atoms in total. The van der Waals surface area contributed by atoms with Crippen LogP contribution in [0.1, 0.15) is 31.7 Å². The second kappa shape index (κ2) is 14.1. The fraction of sp³-hybridized carbons (Fsp3) is 0.360.